The van der Waals surface area contributed by atoms with Crippen LogP contribution in [-0.4, -0.2) is 40.6 Å². The van der Waals surface area contributed by atoms with Crippen molar-refractivity contribution in [1.82, 2.24) is 15.0 Å². The molecule has 4 rings (SSSR count). The predicted molar refractivity (Wildman–Crippen MR) is 112 cm³/mol. The Kier molecular flexibility index (Phi) is 5.58. The number of aryl methyl sites for hydroxylation is 1. The second-order valence-corrected chi connectivity index (χ2v) is 8.75. The second-order valence-electron chi connectivity index (χ2n) is 8.75. The molecule has 30 heavy (non-hydrogen) atoms. The first-order chi connectivity index (χ1) is 14.3. The molecule has 1 atom stereocenters. The molecule has 1 aliphatic heterocycles. The van der Waals surface area contributed by atoms with Gasteiger partial charge in [-0.1, -0.05) is 13.8 Å². The van der Waals surface area contributed by atoms with Crippen molar-refractivity contribution in [2.45, 2.75) is 46.1 Å². The van der Waals surface area contributed by atoms with E-state index in [4.69, 9.17) is 9.72 Å². The average Bonchev–Trinajstić information content (AvgIpc) is 2.65. The zero-order valence-corrected chi connectivity index (χ0v) is 17.9. The Hall–Kier alpha value is -2.77. The second kappa shape index (κ2) is 8.16. The smallest absolute Gasteiger partial charge is 0.247 e. The Balaban J connectivity index is 1.36. The summed E-state index contributed by atoms with van der Waals surface area (Å²) in [7, 11) is 1.93. The van der Waals surface area contributed by atoms with Crippen molar-refractivity contribution in [1.29, 1.82) is 0 Å². The number of pyridine rings is 1. The number of hydrogen-bond acceptors (Lipinski definition) is 6. The van der Waals surface area contributed by atoms with Crippen LogP contribution in [0.1, 0.15) is 38.2 Å². The van der Waals surface area contributed by atoms with Crippen molar-refractivity contribution < 1.29 is 13.9 Å². The van der Waals surface area contributed by atoms with Crippen LogP contribution in [0.2, 0.25) is 0 Å². The van der Waals surface area contributed by atoms with Gasteiger partial charge < -0.3 is 15.0 Å². The molecule has 0 spiro atoms. The van der Waals surface area contributed by atoms with Gasteiger partial charge in [-0.3, -0.25) is 4.79 Å². The SMILES string of the molecule is Cc1nc(CC2CC(COc3ccc(F)nc3)C2)nc2c1NC(=O)[C@H](C(C)C)N2C. The van der Waals surface area contributed by atoms with Gasteiger partial charge in [-0.15, -0.1) is 0 Å². The van der Waals surface area contributed by atoms with Gasteiger partial charge in [0.15, 0.2) is 5.82 Å². The number of nitrogens with zero attached hydrogens (tertiary/aromatic N) is 4. The molecule has 2 aliphatic rings. The van der Waals surface area contributed by atoms with Crippen LogP contribution in [0.5, 0.6) is 5.75 Å². The summed E-state index contributed by atoms with van der Waals surface area (Å²) in [5, 5.41) is 2.99. The van der Waals surface area contributed by atoms with Gasteiger partial charge in [0.2, 0.25) is 11.9 Å². The molecule has 160 valence electrons. The van der Waals surface area contributed by atoms with E-state index in [2.05, 4.69) is 15.3 Å². The number of halogens is 1. The van der Waals surface area contributed by atoms with Crippen LogP contribution in [0.3, 0.4) is 0 Å². The highest BCUT2D eigenvalue weighted by Crippen LogP contribution is 2.38. The summed E-state index contributed by atoms with van der Waals surface area (Å²) in [4.78, 5) is 27.5. The van der Waals surface area contributed by atoms with Gasteiger partial charge in [0, 0.05) is 13.5 Å². The Morgan fingerprint density at radius 3 is 2.70 bits per heavy atom. The van der Waals surface area contributed by atoms with Gasteiger partial charge in [0.1, 0.15) is 23.3 Å². The Bertz CT molecular complexity index is 928. The summed E-state index contributed by atoms with van der Waals surface area (Å²) in [6.07, 6.45) is 4.33. The highest BCUT2D eigenvalue weighted by molar-refractivity contribution is 6.03. The topological polar surface area (TPSA) is 80.2 Å². The maximum absolute atomic E-state index is 12.9. The molecule has 1 N–H and O–H groups in total. The van der Waals surface area contributed by atoms with Crippen LogP contribution < -0.4 is 15.0 Å². The molecule has 1 fully saturated rings. The van der Waals surface area contributed by atoms with Crippen molar-refractivity contribution in [3.8, 4) is 5.75 Å². The molecule has 0 saturated heterocycles. The van der Waals surface area contributed by atoms with Gasteiger partial charge in [-0.2, -0.15) is 4.39 Å². The van der Waals surface area contributed by atoms with Crippen LogP contribution in [0.25, 0.3) is 0 Å². The van der Waals surface area contributed by atoms with Gasteiger partial charge in [-0.25, -0.2) is 15.0 Å². The maximum atomic E-state index is 12.9. The largest absolute Gasteiger partial charge is 0.492 e. The van der Waals surface area contributed by atoms with Gasteiger partial charge in [0.25, 0.3) is 0 Å². The molecule has 0 aromatic carbocycles. The maximum Gasteiger partial charge on any atom is 0.247 e. The fourth-order valence-corrected chi connectivity index (χ4v) is 4.46. The lowest BCUT2D eigenvalue weighted by atomic mass is 9.73. The van der Waals surface area contributed by atoms with Crippen LogP contribution in [-0.2, 0) is 11.2 Å². The number of aromatic nitrogens is 3. The third kappa shape index (κ3) is 4.08. The first-order valence-corrected chi connectivity index (χ1v) is 10.5. The molecule has 1 aliphatic carbocycles. The van der Waals surface area contributed by atoms with E-state index in [0.29, 0.717) is 24.2 Å². The molecular formula is C22H28FN5O2. The molecule has 3 heterocycles. The molecule has 2 aromatic rings. The quantitative estimate of drug-likeness (QED) is 0.732. The lowest BCUT2D eigenvalue weighted by Crippen LogP contribution is -2.49. The molecule has 1 amide bonds. The Morgan fingerprint density at radius 1 is 1.27 bits per heavy atom. The number of carbonyl (C=O) groups is 1. The summed E-state index contributed by atoms with van der Waals surface area (Å²) < 4.78 is 18.6. The summed E-state index contributed by atoms with van der Waals surface area (Å²) in [5.74, 6) is 2.90. The lowest BCUT2D eigenvalue weighted by molar-refractivity contribution is -0.118. The minimum Gasteiger partial charge on any atom is -0.492 e. The number of hydrogen-bond donors (Lipinski definition) is 1. The molecule has 2 aromatic heterocycles. The predicted octanol–water partition coefficient (Wildman–Crippen LogP) is 3.38. The number of likely N-dealkylation sites (N-methyl/N-ethyl adjacent to an activating group) is 1. The van der Waals surface area contributed by atoms with Crippen LogP contribution in [0, 0.1) is 30.6 Å². The third-order valence-electron chi connectivity index (χ3n) is 6.01. The number of amides is 1. The zero-order valence-electron chi connectivity index (χ0n) is 17.9. The van der Waals surface area contributed by atoms with E-state index in [1.807, 2.05) is 32.7 Å². The number of nitrogens with one attached hydrogen (secondary N) is 1. The van der Waals surface area contributed by atoms with Crippen molar-refractivity contribution in [2.75, 3.05) is 23.9 Å². The number of fused-ring (bicyclic) bond motifs is 1. The van der Waals surface area contributed by atoms with E-state index in [9.17, 15) is 9.18 Å². The minimum atomic E-state index is -0.503. The molecule has 0 bridgehead atoms. The van der Waals surface area contributed by atoms with E-state index < -0.39 is 5.95 Å². The molecular weight excluding hydrogens is 385 g/mol. The zero-order chi connectivity index (χ0) is 21.4. The fourth-order valence-electron chi connectivity index (χ4n) is 4.46. The van der Waals surface area contributed by atoms with Crippen LogP contribution in [0.4, 0.5) is 15.9 Å². The third-order valence-corrected chi connectivity index (χ3v) is 6.01. The Morgan fingerprint density at radius 2 is 2.03 bits per heavy atom. The number of rotatable bonds is 6. The van der Waals surface area contributed by atoms with E-state index >= 15 is 0 Å². The van der Waals surface area contributed by atoms with Gasteiger partial charge in [0.05, 0.1) is 18.5 Å². The molecule has 0 radical (unpaired) electrons. The highest BCUT2D eigenvalue weighted by atomic mass is 19.1. The van der Waals surface area contributed by atoms with E-state index in [0.717, 1.165) is 42.3 Å². The monoisotopic (exact) mass is 413 g/mol. The van der Waals surface area contributed by atoms with E-state index in [-0.39, 0.29) is 17.9 Å². The molecule has 1 saturated carbocycles. The van der Waals surface area contributed by atoms with Crippen molar-refractivity contribution in [2.24, 2.45) is 17.8 Å². The number of ether oxygens (including phenoxy) is 1. The fraction of sp³-hybridized carbons (Fsp3) is 0.545. The summed E-state index contributed by atoms with van der Waals surface area (Å²) >= 11 is 0. The average molecular weight is 413 g/mol. The summed E-state index contributed by atoms with van der Waals surface area (Å²) in [6.45, 7) is 6.61. The standard InChI is InChI=1S/C22H28FN5O2/c1-12(2)20-22(29)27-19-13(3)25-18(26-21(19)28(20)4)9-14-7-15(8-14)11-30-16-5-6-17(23)24-10-16/h5-6,10,12,14-15,20H,7-9,11H2,1-4H3,(H,27,29)/t14?,15?,20-/m0/s1. The number of carbonyl (C=O) groups excluding carboxylic acids is 1. The van der Waals surface area contributed by atoms with E-state index in [1.165, 1.54) is 12.3 Å². The van der Waals surface area contributed by atoms with Gasteiger partial charge >= 0.3 is 0 Å². The van der Waals surface area contributed by atoms with Crippen molar-refractivity contribution in [3.63, 3.8) is 0 Å². The summed E-state index contributed by atoms with van der Waals surface area (Å²) in [6, 6.07) is 2.67. The molecule has 8 heteroatoms. The minimum absolute atomic E-state index is 0.00219. The van der Waals surface area contributed by atoms with Crippen molar-refractivity contribution >= 4 is 17.4 Å². The van der Waals surface area contributed by atoms with Crippen LogP contribution in [0.15, 0.2) is 18.3 Å². The Labute approximate surface area is 176 Å². The first-order valence-electron chi connectivity index (χ1n) is 10.5. The van der Waals surface area contributed by atoms with Crippen molar-refractivity contribution in [3.05, 3.63) is 35.8 Å². The number of anilines is 2. The lowest BCUT2D eigenvalue weighted by Gasteiger charge is -2.38. The summed E-state index contributed by atoms with van der Waals surface area (Å²) in [5.41, 5.74) is 1.52. The van der Waals surface area contributed by atoms with E-state index in [1.54, 1.807) is 6.07 Å². The van der Waals surface area contributed by atoms with Gasteiger partial charge in [-0.05, 0) is 49.7 Å². The molecule has 0 unspecified atom stereocenters. The highest BCUT2D eigenvalue weighted by Gasteiger charge is 2.36. The molecule has 7 nitrogen and oxygen atoms in total. The normalized spacial score (nSPS) is 23.1. The first kappa shape index (κ1) is 20.5. The van der Waals surface area contributed by atoms with Crippen LogP contribution >= 0.6 is 0 Å².